The van der Waals surface area contributed by atoms with E-state index in [4.69, 9.17) is 19.9 Å². The highest BCUT2D eigenvalue weighted by molar-refractivity contribution is 5.52. The molecule has 0 bridgehead atoms. The molecule has 0 fully saturated rings. The van der Waals surface area contributed by atoms with Crippen molar-refractivity contribution in [2.45, 2.75) is 6.61 Å². The van der Waals surface area contributed by atoms with Crippen molar-refractivity contribution >= 4 is 5.69 Å². The van der Waals surface area contributed by atoms with Crippen molar-refractivity contribution < 1.29 is 23.0 Å². The quantitative estimate of drug-likeness (QED) is 0.861. The van der Waals surface area contributed by atoms with Crippen LogP contribution >= 0.6 is 0 Å². The number of benzene rings is 2. The summed E-state index contributed by atoms with van der Waals surface area (Å²) in [4.78, 5) is 0. The minimum atomic E-state index is -1.00. The summed E-state index contributed by atoms with van der Waals surface area (Å²) in [5.41, 5.74) is 6.12. The summed E-state index contributed by atoms with van der Waals surface area (Å²) >= 11 is 0. The van der Waals surface area contributed by atoms with Crippen LogP contribution in [0.3, 0.4) is 0 Å². The summed E-state index contributed by atoms with van der Waals surface area (Å²) < 4.78 is 42.7. The van der Waals surface area contributed by atoms with Crippen LogP contribution in [0, 0.1) is 11.6 Å². The van der Waals surface area contributed by atoms with Gasteiger partial charge in [0.15, 0.2) is 23.1 Å². The van der Waals surface area contributed by atoms with Gasteiger partial charge in [-0.3, -0.25) is 0 Å². The lowest BCUT2D eigenvalue weighted by atomic mass is 10.2. The van der Waals surface area contributed by atoms with E-state index in [1.54, 1.807) is 18.2 Å². The van der Waals surface area contributed by atoms with Crippen molar-refractivity contribution in [2.75, 3.05) is 20.0 Å². The Labute approximate surface area is 121 Å². The van der Waals surface area contributed by atoms with Gasteiger partial charge in [-0.05, 0) is 24.3 Å². The van der Waals surface area contributed by atoms with Crippen molar-refractivity contribution in [3.8, 4) is 17.2 Å². The number of nitrogens with two attached hydrogens (primary N) is 1. The smallest absolute Gasteiger partial charge is 0.169 e. The molecule has 0 spiro atoms. The average molecular weight is 295 g/mol. The van der Waals surface area contributed by atoms with Crippen molar-refractivity contribution in [1.29, 1.82) is 0 Å². The van der Waals surface area contributed by atoms with E-state index in [9.17, 15) is 8.78 Å². The highest BCUT2D eigenvalue weighted by Gasteiger charge is 2.16. The predicted molar refractivity (Wildman–Crippen MR) is 74.6 cm³/mol. The van der Waals surface area contributed by atoms with Crippen LogP contribution in [0.25, 0.3) is 0 Å². The Balaban J connectivity index is 2.28. The van der Waals surface area contributed by atoms with Crippen LogP contribution in [0.15, 0.2) is 30.3 Å². The second kappa shape index (κ2) is 6.30. The first-order chi connectivity index (χ1) is 10.1. The molecule has 6 heteroatoms. The second-order valence-corrected chi connectivity index (χ2v) is 4.24. The Hall–Kier alpha value is -2.50. The van der Waals surface area contributed by atoms with Gasteiger partial charge in [-0.2, -0.15) is 0 Å². The van der Waals surface area contributed by atoms with Gasteiger partial charge in [0.25, 0.3) is 0 Å². The third-order valence-corrected chi connectivity index (χ3v) is 2.93. The number of hydrogen-bond acceptors (Lipinski definition) is 4. The maximum Gasteiger partial charge on any atom is 0.169 e. The average Bonchev–Trinajstić information content (AvgIpc) is 2.49. The fraction of sp³-hybridized carbons (Fsp3) is 0.200. The first-order valence-electron chi connectivity index (χ1n) is 6.14. The summed E-state index contributed by atoms with van der Waals surface area (Å²) in [5.74, 6) is -0.980. The van der Waals surface area contributed by atoms with Crippen LogP contribution in [-0.4, -0.2) is 14.2 Å². The number of rotatable bonds is 5. The lowest BCUT2D eigenvalue weighted by Crippen LogP contribution is -2.05. The molecular formula is C15H15F2NO3. The zero-order valence-electron chi connectivity index (χ0n) is 11.7. The van der Waals surface area contributed by atoms with Crippen LogP contribution in [0.4, 0.5) is 14.5 Å². The molecule has 112 valence electrons. The molecule has 0 radical (unpaired) electrons. The molecule has 0 saturated carbocycles. The molecule has 0 aliphatic carbocycles. The number of nitrogen functional groups attached to an aromatic ring is 1. The Morgan fingerprint density at radius 3 is 2.29 bits per heavy atom. The van der Waals surface area contributed by atoms with E-state index in [1.807, 2.05) is 0 Å². The molecular weight excluding hydrogens is 280 g/mol. The van der Waals surface area contributed by atoms with E-state index >= 15 is 0 Å². The number of methoxy groups -OCH3 is 2. The largest absolute Gasteiger partial charge is 0.496 e. The Kier molecular flexibility index (Phi) is 4.47. The molecule has 2 rings (SSSR count). The summed E-state index contributed by atoms with van der Waals surface area (Å²) in [6, 6.07) is 7.16. The molecule has 0 aliphatic rings. The van der Waals surface area contributed by atoms with Gasteiger partial charge in [-0.25, -0.2) is 8.78 Å². The minimum Gasteiger partial charge on any atom is -0.496 e. The first-order valence-corrected chi connectivity index (χ1v) is 6.14. The SMILES string of the molecule is COc1ccc(N)cc1OCc1c(OC)ccc(F)c1F. The van der Waals surface area contributed by atoms with E-state index in [0.29, 0.717) is 17.2 Å². The minimum absolute atomic E-state index is 0.0121. The van der Waals surface area contributed by atoms with E-state index in [1.165, 1.54) is 20.3 Å². The molecule has 0 heterocycles. The third-order valence-electron chi connectivity index (χ3n) is 2.93. The molecule has 2 N–H and O–H groups in total. The highest BCUT2D eigenvalue weighted by Crippen LogP contribution is 2.31. The monoisotopic (exact) mass is 295 g/mol. The van der Waals surface area contributed by atoms with Gasteiger partial charge in [0.2, 0.25) is 0 Å². The molecule has 2 aromatic rings. The zero-order chi connectivity index (χ0) is 15.4. The fourth-order valence-electron chi connectivity index (χ4n) is 1.86. The molecule has 0 aromatic heterocycles. The van der Waals surface area contributed by atoms with Gasteiger partial charge >= 0.3 is 0 Å². The van der Waals surface area contributed by atoms with Crippen LogP contribution in [0.2, 0.25) is 0 Å². The molecule has 21 heavy (non-hydrogen) atoms. The van der Waals surface area contributed by atoms with Gasteiger partial charge in [0, 0.05) is 11.8 Å². The highest BCUT2D eigenvalue weighted by atomic mass is 19.2. The summed E-state index contributed by atoms with van der Waals surface area (Å²) in [6.07, 6.45) is 0. The number of ether oxygens (including phenoxy) is 3. The van der Waals surface area contributed by atoms with Gasteiger partial charge in [0.1, 0.15) is 12.4 Å². The van der Waals surface area contributed by atoms with Crippen molar-refractivity contribution in [1.82, 2.24) is 0 Å². The Morgan fingerprint density at radius 2 is 1.62 bits per heavy atom. The number of hydrogen-bond donors (Lipinski definition) is 1. The standard InChI is InChI=1S/C15H15F2NO3/c1-19-12-6-4-11(16)15(17)10(12)8-21-14-7-9(18)3-5-13(14)20-2/h3-7H,8,18H2,1-2H3. The molecule has 0 saturated heterocycles. The van der Waals surface area contributed by atoms with Gasteiger partial charge in [-0.1, -0.05) is 0 Å². The van der Waals surface area contributed by atoms with Crippen LogP contribution < -0.4 is 19.9 Å². The summed E-state index contributed by atoms with van der Waals surface area (Å²) in [6.45, 7) is -0.216. The maximum atomic E-state index is 13.8. The van der Waals surface area contributed by atoms with E-state index < -0.39 is 11.6 Å². The lowest BCUT2D eigenvalue weighted by molar-refractivity contribution is 0.270. The normalized spacial score (nSPS) is 10.3. The third kappa shape index (κ3) is 3.16. The molecule has 2 aromatic carbocycles. The number of anilines is 1. The topological polar surface area (TPSA) is 53.7 Å². The van der Waals surface area contributed by atoms with Crippen molar-refractivity contribution in [2.24, 2.45) is 0 Å². The molecule has 0 aliphatic heterocycles. The first kappa shape index (κ1) is 14.9. The van der Waals surface area contributed by atoms with E-state index in [2.05, 4.69) is 0 Å². The lowest BCUT2D eigenvalue weighted by Gasteiger charge is -2.14. The molecule has 0 atom stereocenters. The van der Waals surface area contributed by atoms with Gasteiger partial charge in [-0.15, -0.1) is 0 Å². The van der Waals surface area contributed by atoms with E-state index in [-0.39, 0.29) is 17.9 Å². The van der Waals surface area contributed by atoms with E-state index in [0.717, 1.165) is 6.07 Å². The maximum absolute atomic E-state index is 13.8. The van der Waals surface area contributed by atoms with Crippen LogP contribution in [0.5, 0.6) is 17.2 Å². The van der Waals surface area contributed by atoms with Gasteiger partial charge < -0.3 is 19.9 Å². The molecule has 0 unspecified atom stereocenters. The van der Waals surface area contributed by atoms with Crippen molar-refractivity contribution in [3.63, 3.8) is 0 Å². The molecule has 0 amide bonds. The Morgan fingerprint density at radius 1 is 0.952 bits per heavy atom. The summed E-state index contributed by atoms with van der Waals surface area (Å²) in [7, 11) is 2.85. The van der Waals surface area contributed by atoms with Crippen LogP contribution in [0.1, 0.15) is 5.56 Å². The van der Waals surface area contributed by atoms with Crippen molar-refractivity contribution in [3.05, 3.63) is 47.5 Å². The summed E-state index contributed by atoms with van der Waals surface area (Å²) in [5, 5.41) is 0. The number of halogens is 2. The molecule has 4 nitrogen and oxygen atoms in total. The Bertz CT molecular complexity index is 647. The zero-order valence-corrected chi connectivity index (χ0v) is 11.7. The second-order valence-electron chi connectivity index (χ2n) is 4.24. The fourth-order valence-corrected chi connectivity index (χ4v) is 1.86. The predicted octanol–water partition coefficient (Wildman–Crippen LogP) is 3.14. The van der Waals surface area contributed by atoms with Crippen LogP contribution in [-0.2, 0) is 6.61 Å². The van der Waals surface area contributed by atoms with Gasteiger partial charge in [0.05, 0.1) is 19.8 Å².